The summed E-state index contributed by atoms with van der Waals surface area (Å²) in [5, 5.41) is 15.1. The summed E-state index contributed by atoms with van der Waals surface area (Å²) in [5.74, 6) is 0.0198. The van der Waals surface area contributed by atoms with Gasteiger partial charge in [0.15, 0.2) is 6.73 Å². The number of hydrogen-bond acceptors (Lipinski definition) is 6. The highest BCUT2D eigenvalue weighted by Gasteiger charge is 2.33. The van der Waals surface area contributed by atoms with Gasteiger partial charge in [-0.25, -0.2) is 4.79 Å². The van der Waals surface area contributed by atoms with Gasteiger partial charge in [0, 0.05) is 35.1 Å². The van der Waals surface area contributed by atoms with E-state index in [0.717, 1.165) is 53.9 Å². The molecule has 0 saturated carbocycles. The lowest BCUT2D eigenvalue weighted by atomic mass is 9.84. The van der Waals surface area contributed by atoms with Crippen molar-refractivity contribution >= 4 is 23.1 Å². The van der Waals surface area contributed by atoms with E-state index in [2.05, 4.69) is 27.1 Å². The summed E-state index contributed by atoms with van der Waals surface area (Å²) >= 11 is 6.02. The quantitative estimate of drug-likeness (QED) is 0.159. The van der Waals surface area contributed by atoms with Crippen LogP contribution in [0.1, 0.15) is 51.9 Å². The van der Waals surface area contributed by atoms with Crippen LogP contribution in [-0.2, 0) is 16.9 Å². The fourth-order valence-electron chi connectivity index (χ4n) is 5.20. The number of piperidine rings is 1. The van der Waals surface area contributed by atoms with Crippen molar-refractivity contribution in [2.75, 3.05) is 26.4 Å². The Morgan fingerprint density at radius 2 is 1.90 bits per heavy atom. The van der Waals surface area contributed by atoms with Crippen molar-refractivity contribution in [3.8, 4) is 5.75 Å². The molecule has 2 heterocycles. The molecule has 0 unspecified atom stereocenters. The molecule has 0 spiro atoms. The Bertz CT molecular complexity index is 1430. The summed E-state index contributed by atoms with van der Waals surface area (Å²) in [7, 11) is 0. The fourth-order valence-corrected chi connectivity index (χ4v) is 5.33. The number of aliphatic hydroxyl groups is 1. The second kappa shape index (κ2) is 11.9. The topological polar surface area (TPSA) is 108 Å². The number of fused-ring (bicyclic) bond motifs is 2. The highest BCUT2D eigenvalue weighted by Crippen LogP contribution is 2.38. The third-order valence-electron chi connectivity index (χ3n) is 7.37. The summed E-state index contributed by atoms with van der Waals surface area (Å²) in [6, 6.07) is 20.9. The second-order valence-electron chi connectivity index (χ2n) is 9.74. The van der Waals surface area contributed by atoms with Crippen molar-refractivity contribution in [3.05, 3.63) is 116 Å². The number of azide groups is 1. The number of likely N-dealkylation sites (tertiary alicyclic amines) is 1. The molecule has 0 aliphatic carbocycles. The van der Waals surface area contributed by atoms with Crippen LogP contribution in [0.25, 0.3) is 16.0 Å². The SMILES string of the molecule is [N-]=[N+]=NCOC(=O)c1ccc2c(c1)OCc1ccccc1C2=CCCN1CCC(O)(c2ccc(Cl)cc2)CC1. The van der Waals surface area contributed by atoms with Gasteiger partial charge in [-0.3, -0.25) is 0 Å². The Morgan fingerprint density at radius 1 is 1.13 bits per heavy atom. The van der Waals surface area contributed by atoms with Gasteiger partial charge in [0.05, 0.1) is 11.2 Å². The zero-order valence-electron chi connectivity index (χ0n) is 21.4. The molecule has 8 nitrogen and oxygen atoms in total. The number of halogens is 1. The first-order valence-corrected chi connectivity index (χ1v) is 13.3. The minimum Gasteiger partial charge on any atom is -0.488 e. The van der Waals surface area contributed by atoms with E-state index in [1.807, 2.05) is 48.5 Å². The lowest BCUT2D eigenvalue weighted by Gasteiger charge is -2.38. The van der Waals surface area contributed by atoms with Gasteiger partial charge in [-0.2, -0.15) is 0 Å². The lowest BCUT2D eigenvalue weighted by molar-refractivity contribution is -0.0254. The summed E-state index contributed by atoms with van der Waals surface area (Å²) in [6.07, 6.45) is 4.39. The van der Waals surface area contributed by atoms with Gasteiger partial charge in [0.25, 0.3) is 0 Å². The van der Waals surface area contributed by atoms with Crippen molar-refractivity contribution in [2.24, 2.45) is 5.11 Å². The number of hydrogen-bond donors (Lipinski definition) is 1. The van der Waals surface area contributed by atoms with Crippen LogP contribution in [-0.4, -0.2) is 42.3 Å². The van der Waals surface area contributed by atoms with Crippen LogP contribution in [0.5, 0.6) is 5.75 Å². The van der Waals surface area contributed by atoms with Crippen LogP contribution in [0.4, 0.5) is 0 Å². The normalized spacial score (nSPS) is 17.2. The van der Waals surface area contributed by atoms with E-state index < -0.39 is 11.6 Å². The first-order valence-electron chi connectivity index (χ1n) is 12.9. The molecule has 0 amide bonds. The number of esters is 1. The zero-order chi connectivity index (χ0) is 27.2. The molecule has 0 bridgehead atoms. The number of carbonyl (C=O) groups is 1. The van der Waals surface area contributed by atoms with Crippen molar-refractivity contribution in [2.45, 2.75) is 31.5 Å². The summed E-state index contributed by atoms with van der Waals surface area (Å²) < 4.78 is 11.1. The average Bonchev–Trinajstić information content (AvgIpc) is 3.11. The highest BCUT2D eigenvalue weighted by molar-refractivity contribution is 6.30. The molecule has 1 N–H and O–H groups in total. The summed E-state index contributed by atoms with van der Waals surface area (Å²) in [6.45, 7) is 2.49. The maximum Gasteiger partial charge on any atom is 0.338 e. The van der Waals surface area contributed by atoms with E-state index in [-0.39, 0.29) is 6.73 Å². The van der Waals surface area contributed by atoms with Crippen LogP contribution in [0, 0.1) is 0 Å². The third kappa shape index (κ3) is 6.10. The number of rotatable bonds is 7. The molecule has 3 aromatic rings. The van der Waals surface area contributed by atoms with Crippen LogP contribution < -0.4 is 4.74 Å². The van der Waals surface area contributed by atoms with E-state index in [4.69, 9.17) is 26.6 Å². The molecule has 1 saturated heterocycles. The van der Waals surface area contributed by atoms with E-state index in [0.29, 0.717) is 35.8 Å². The predicted octanol–water partition coefficient (Wildman–Crippen LogP) is 6.46. The molecule has 200 valence electrons. The summed E-state index contributed by atoms with van der Waals surface area (Å²) in [4.78, 5) is 17.4. The first-order chi connectivity index (χ1) is 19.0. The number of benzene rings is 3. The third-order valence-corrected chi connectivity index (χ3v) is 7.63. The Morgan fingerprint density at radius 3 is 2.67 bits per heavy atom. The molecule has 2 aliphatic heterocycles. The van der Waals surface area contributed by atoms with E-state index in [1.165, 1.54) is 0 Å². The smallest absolute Gasteiger partial charge is 0.338 e. The molecule has 0 atom stereocenters. The lowest BCUT2D eigenvalue weighted by Crippen LogP contribution is -2.42. The molecule has 3 aromatic carbocycles. The molecule has 39 heavy (non-hydrogen) atoms. The second-order valence-corrected chi connectivity index (χ2v) is 10.2. The Balaban J connectivity index is 1.31. The molecular weight excluding hydrogens is 516 g/mol. The number of ether oxygens (including phenoxy) is 2. The average molecular weight is 545 g/mol. The Labute approximate surface area is 232 Å². The molecule has 0 aromatic heterocycles. The molecule has 0 radical (unpaired) electrons. The predicted molar refractivity (Wildman–Crippen MR) is 149 cm³/mol. The van der Waals surface area contributed by atoms with Gasteiger partial charge in [-0.05, 0) is 77.4 Å². The highest BCUT2D eigenvalue weighted by atomic mass is 35.5. The zero-order valence-corrected chi connectivity index (χ0v) is 22.2. The van der Waals surface area contributed by atoms with Gasteiger partial charge >= 0.3 is 5.97 Å². The molecule has 9 heteroatoms. The molecule has 2 aliphatic rings. The molecule has 1 fully saturated rings. The van der Waals surface area contributed by atoms with Crippen LogP contribution in [0.2, 0.25) is 5.02 Å². The number of carbonyl (C=O) groups excluding carboxylic acids is 1. The van der Waals surface area contributed by atoms with Crippen molar-refractivity contribution in [1.82, 2.24) is 4.90 Å². The summed E-state index contributed by atoms with van der Waals surface area (Å²) in [5.41, 5.74) is 13.0. The molecular formula is C30H29ClN4O4. The standard InChI is InChI=1S/C30H29ClN4O4/c31-24-10-8-23(9-11-24)30(37)13-16-35(17-14-30)15-3-6-26-25-5-2-1-4-22(25)19-38-28-18-21(7-12-27(26)28)29(36)39-20-33-34-32/h1-2,4-12,18,37H,3,13-17,19-20H2. The number of nitrogens with zero attached hydrogens (tertiary/aromatic N) is 4. The van der Waals surface area contributed by atoms with Gasteiger partial charge in [0.1, 0.15) is 12.4 Å². The van der Waals surface area contributed by atoms with E-state index in [1.54, 1.807) is 12.1 Å². The van der Waals surface area contributed by atoms with Crippen LogP contribution >= 0.6 is 11.6 Å². The van der Waals surface area contributed by atoms with Crippen LogP contribution in [0.15, 0.2) is 77.9 Å². The van der Waals surface area contributed by atoms with E-state index in [9.17, 15) is 9.90 Å². The molecule has 5 rings (SSSR count). The maximum absolute atomic E-state index is 12.4. The Hall–Kier alpha value is -3.81. The fraction of sp³-hybridized carbons (Fsp3) is 0.300. The van der Waals surface area contributed by atoms with Crippen LogP contribution in [0.3, 0.4) is 0 Å². The minimum absolute atomic E-state index is 0.327. The van der Waals surface area contributed by atoms with Crippen molar-refractivity contribution in [3.63, 3.8) is 0 Å². The van der Waals surface area contributed by atoms with E-state index >= 15 is 0 Å². The van der Waals surface area contributed by atoms with Gasteiger partial charge in [-0.15, -0.1) is 0 Å². The van der Waals surface area contributed by atoms with Crippen molar-refractivity contribution in [1.29, 1.82) is 0 Å². The van der Waals surface area contributed by atoms with Gasteiger partial charge in [0.2, 0.25) is 0 Å². The largest absolute Gasteiger partial charge is 0.488 e. The van der Waals surface area contributed by atoms with Crippen molar-refractivity contribution < 1.29 is 19.4 Å². The monoisotopic (exact) mass is 544 g/mol. The Kier molecular flexibility index (Phi) is 8.19. The minimum atomic E-state index is -0.824. The van der Waals surface area contributed by atoms with Gasteiger partial charge < -0.3 is 19.5 Å². The maximum atomic E-state index is 12.4. The first kappa shape index (κ1) is 26.8. The van der Waals surface area contributed by atoms with Gasteiger partial charge in [-0.1, -0.05) is 59.2 Å².